The second-order valence-corrected chi connectivity index (χ2v) is 7.08. The van der Waals surface area contributed by atoms with E-state index in [2.05, 4.69) is 19.7 Å². The molecule has 2 atom stereocenters. The zero-order chi connectivity index (χ0) is 21.8. The summed E-state index contributed by atoms with van der Waals surface area (Å²) in [5, 5.41) is 0. The SMILES string of the molecule is C=C(CCC1CO1)C(=O)OCCOC(=O)C(=C)CCC1CO1.C=Cc1ccccc1. The van der Waals surface area contributed by atoms with Gasteiger partial charge in [0, 0.05) is 11.1 Å². The highest BCUT2D eigenvalue weighted by Gasteiger charge is 2.24. The van der Waals surface area contributed by atoms with Crippen molar-refractivity contribution in [2.75, 3.05) is 26.4 Å². The number of esters is 2. The van der Waals surface area contributed by atoms with Gasteiger partial charge in [0.15, 0.2) is 0 Å². The molecule has 1 aromatic rings. The van der Waals surface area contributed by atoms with Gasteiger partial charge in [-0.15, -0.1) is 0 Å². The zero-order valence-corrected chi connectivity index (χ0v) is 17.3. The van der Waals surface area contributed by atoms with Crippen LogP contribution in [0, 0.1) is 0 Å². The van der Waals surface area contributed by atoms with Crippen molar-refractivity contribution in [3.05, 3.63) is 66.8 Å². The number of ether oxygens (including phenoxy) is 4. The first-order valence-corrected chi connectivity index (χ1v) is 10.1. The zero-order valence-electron chi connectivity index (χ0n) is 17.3. The van der Waals surface area contributed by atoms with E-state index in [1.165, 1.54) is 5.56 Å². The molecule has 2 aliphatic heterocycles. The smallest absolute Gasteiger partial charge is 0.333 e. The van der Waals surface area contributed by atoms with E-state index < -0.39 is 11.9 Å². The van der Waals surface area contributed by atoms with Crippen LogP contribution in [0.4, 0.5) is 0 Å². The van der Waals surface area contributed by atoms with Gasteiger partial charge in [0.1, 0.15) is 13.2 Å². The lowest BCUT2D eigenvalue weighted by Crippen LogP contribution is -2.16. The van der Waals surface area contributed by atoms with Crippen LogP contribution in [0.1, 0.15) is 31.2 Å². The topological polar surface area (TPSA) is 77.7 Å². The third kappa shape index (κ3) is 10.2. The van der Waals surface area contributed by atoms with Crippen molar-refractivity contribution in [1.29, 1.82) is 0 Å². The number of carbonyl (C=O) groups excluding carboxylic acids is 2. The molecule has 30 heavy (non-hydrogen) atoms. The molecule has 0 amide bonds. The highest BCUT2D eigenvalue weighted by atomic mass is 16.6. The predicted molar refractivity (Wildman–Crippen MR) is 115 cm³/mol. The molecule has 2 heterocycles. The van der Waals surface area contributed by atoms with Crippen LogP contribution in [-0.2, 0) is 28.5 Å². The summed E-state index contributed by atoms with van der Waals surface area (Å²) in [6.07, 6.45) is 5.04. The van der Waals surface area contributed by atoms with E-state index >= 15 is 0 Å². The first-order valence-electron chi connectivity index (χ1n) is 10.1. The Balaban J connectivity index is 0.000000335. The van der Waals surface area contributed by atoms with Crippen molar-refractivity contribution in [2.45, 2.75) is 37.9 Å². The maximum Gasteiger partial charge on any atom is 0.333 e. The Labute approximate surface area is 178 Å². The van der Waals surface area contributed by atoms with Gasteiger partial charge in [-0.05, 0) is 31.2 Å². The van der Waals surface area contributed by atoms with Crippen LogP contribution in [0.25, 0.3) is 6.08 Å². The average Bonchev–Trinajstić information content (AvgIpc) is 3.69. The summed E-state index contributed by atoms with van der Waals surface area (Å²) < 4.78 is 20.1. The van der Waals surface area contributed by atoms with E-state index in [4.69, 9.17) is 18.9 Å². The summed E-state index contributed by atoms with van der Waals surface area (Å²) in [5.74, 6) is -0.914. The van der Waals surface area contributed by atoms with Gasteiger partial charge in [-0.3, -0.25) is 0 Å². The standard InChI is InChI=1S/C16H22O6.C8H8/c1-11(3-5-13-9-21-13)15(17)19-7-8-20-16(18)12(2)4-6-14-10-22-14;1-2-8-6-4-3-5-7-8/h13-14H,1-10H2;2-7H,1H2. The van der Waals surface area contributed by atoms with Crippen molar-refractivity contribution >= 4 is 18.0 Å². The molecule has 6 nitrogen and oxygen atoms in total. The third-order valence-corrected chi connectivity index (χ3v) is 4.50. The van der Waals surface area contributed by atoms with Gasteiger partial charge in [-0.25, -0.2) is 9.59 Å². The molecule has 3 rings (SSSR count). The molecule has 0 spiro atoms. The third-order valence-electron chi connectivity index (χ3n) is 4.50. The Morgan fingerprint density at radius 2 is 1.33 bits per heavy atom. The van der Waals surface area contributed by atoms with Gasteiger partial charge in [-0.2, -0.15) is 0 Å². The first kappa shape index (κ1) is 23.6. The van der Waals surface area contributed by atoms with Crippen LogP contribution in [0.15, 0.2) is 61.2 Å². The van der Waals surface area contributed by atoms with Crippen molar-refractivity contribution in [3.63, 3.8) is 0 Å². The number of rotatable bonds is 12. The molecule has 2 aliphatic rings. The number of hydrogen-bond acceptors (Lipinski definition) is 6. The summed E-state index contributed by atoms with van der Waals surface area (Å²) in [6, 6.07) is 10.0. The minimum absolute atomic E-state index is 0.0164. The highest BCUT2D eigenvalue weighted by molar-refractivity contribution is 5.88. The van der Waals surface area contributed by atoms with E-state index in [-0.39, 0.29) is 25.4 Å². The quantitative estimate of drug-likeness (QED) is 0.224. The minimum Gasteiger partial charge on any atom is -0.459 e. The van der Waals surface area contributed by atoms with Crippen molar-refractivity contribution < 1.29 is 28.5 Å². The minimum atomic E-state index is -0.457. The molecule has 1 aromatic carbocycles. The molecular weight excluding hydrogens is 384 g/mol. The maximum atomic E-state index is 11.6. The Kier molecular flexibility index (Phi) is 10.0. The Morgan fingerprint density at radius 3 is 1.67 bits per heavy atom. The summed E-state index contributed by atoms with van der Waals surface area (Å²) in [7, 11) is 0. The number of carbonyl (C=O) groups is 2. The lowest BCUT2D eigenvalue weighted by molar-refractivity contribution is -0.147. The fraction of sp³-hybridized carbons (Fsp3) is 0.417. The molecule has 0 aromatic heterocycles. The highest BCUT2D eigenvalue weighted by Crippen LogP contribution is 2.19. The van der Waals surface area contributed by atoms with E-state index in [0.717, 1.165) is 26.1 Å². The van der Waals surface area contributed by atoms with Crippen molar-refractivity contribution in [3.8, 4) is 0 Å². The van der Waals surface area contributed by atoms with Crippen LogP contribution in [0.5, 0.6) is 0 Å². The van der Waals surface area contributed by atoms with Gasteiger partial charge in [0.25, 0.3) is 0 Å². The average molecular weight is 414 g/mol. The molecule has 0 saturated carbocycles. The molecular formula is C24H30O6. The van der Waals surface area contributed by atoms with E-state index in [1.54, 1.807) is 0 Å². The van der Waals surface area contributed by atoms with Gasteiger partial charge in [0.05, 0.1) is 25.4 Å². The molecule has 162 valence electrons. The van der Waals surface area contributed by atoms with Crippen LogP contribution < -0.4 is 0 Å². The van der Waals surface area contributed by atoms with E-state index in [1.807, 2.05) is 36.4 Å². The lowest BCUT2D eigenvalue weighted by Gasteiger charge is -2.08. The normalized spacial score (nSPS) is 18.3. The molecule has 2 saturated heterocycles. The van der Waals surface area contributed by atoms with Crippen LogP contribution in [0.2, 0.25) is 0 Å². The maximum absolute atomic E-state index is 11.6. The van der Waals surface area contributed by atoms with Gasteiger partial charge < -0.3 is 18.9 Å². The Bertz CT molecular complexity index is 689. The number of hydrogen-bond donors (Lipinski definition) is 0. The number of epoxide rings is 2. The summed E-state index contributed by atoms with van der Waals surface area (Å²) in [6.45, 7) is 12.5. The van der Waals surface area contributed by atoms with Crippen molar-refractivity contribution in [2.24, 2.45) is 0 Å². The Morgan fingerprint density at radius 1 is 0.900 bits per heavy atom. The van der Waals surface area contributed by atoms with Crippen LogP contribution >= 0.6 is 0 Å². The molecule has 6 heteroatoms. The van der Waals surface area contributed by atoms with Crippen LogP contribution in [0.3, 0.4) is 0 Å². The van der Waals surface area contributed by atoms with Gasteiger partial charge >= 0.3 is 11.9 Å². The van der Waals surface area contributed by atoms with Gasteiger partial charge in [-0.1, -0.05) is 56.1 Å². The molecule has 0 N–H and O–H groups in total. The second-order valence-electron chi connectivity index (χ2n) is 7.08. The van der Waals surface area contributed by atoms with Crippen LogP contribution in [-0.4, -0.2) is 50.6 Å². The molecule has 0 radical (unpaired) electrons. The fourth-order valence-corrected chi connectivity index (χ4v) is 2.41. The fourth-order valence-electron chi connectivity index (χ4n) is 2.41. The van der Waals surface area contributed by atoms with E-state index in [9.17, 15) is 9.59 Å². The van der Waals surface area contributed by atoms with Crippen molar-refractivity contribution in [1.82, 2.24) is 0 Å². The molecule has 0 bridgehead atoms. The molecule has 2 unspecified atom stereocenters. The summed E-state index contributed by atoms with van der Waals surface area (Å²) in [5.41, 5.74) is 2.00. The van der Waals surface area contributed by atoms with Gasteiger partial charge in [0.2, 0.25) is 0 Å². The Hall–Kier alpha value is -2.70. The number of benzene rings is 1. The largest absolute Gasteiger partial charge is 0.459 e. The second kappa shape index (κ2) is 12.8. The molecule has 0 aliphatic carbocycles. The summed E-state index contributed by atoms with van der Waals surface area (Å²) >= 11 is 0. The lowest BCUT2D eigenvalue weighted by atomic mass is 10.1. The summed E-state index contributed by atoms with van der Waals surface area (Å²) in [4.78, 5) is 23.2. The van der Waals surface area contributed by atoms with E-state index in [0.29, 0.717) is 24.0 Å². The first-order chi connectivity index (χ1) is 14.5. The predicted octanol–water partition coefficient (Wildman–Crippen LogP) is 3.87. The molecule has 2 fully saturated rings. The monoisotopic (exact) mass is 414 g/mol.